The second kappa shape index (κ2) is 12.7. The minimum absolute atomic E-state index is 0.609. The van der Waals surface area contributed by atoms with E-state index in [4.69, 9.17) is 28.9 Å². The van der Waals surface area contributed by atoms with Crippen LogP contribution in [0, 0.1) is 0 Å². The van der Waals surface area contributed by atoms with Gasteiger partial charge >= 0.3 is 0 Å². The van der Waals surface area contributed by atoms with Gasteiger partial charge in [-0.1, -0.05) is 54.6 Å². The van der Waals surface area contributed by atoms with E-state index in [0.717, 1.165) is 28.0 Å². The van der Waals surface area contributed by atoms with E-state index in [0.29, 0.717) is 29.2 Å². The summed E-state index contributed by atoms with van der Waals surface area (Å²) in [7, 11) is 4.28. The van der Waals surface area contributed by atoms with E-state index in [1.807, 2.05) is 30.3 Å². The van der Waals surface area contributed by atoms with Gasteiger partial charge in [-0.2, -0.15) is 0 Å². The molecular weight excluding hydrogens is 567 g/mol. The van der Waals surface area contributed by atoms with E-state index in [9.17, 15) is 0 Å². The minimum Gasteiger partial charge on any atom is -0.493 e. The fraction of sp³-hybridized carbons (Fsp3) is 0.135. The van der Waals surface area contributed by atoms with Crippen molar-refractivity contribution in [1.29, 1.82) is 0 Å². The molecule has 0 unspecified atom stereocenters. The van der Waals surface area contributed by atoms with Gasteiger partial charge in [-0.25, -0.2) is 9.97 Å². The highest BCUT2D eigenvalue weighted by atomic mass is 31.2. The summed E-state index contributed by atoms with van der Waals surface area (Å²) in [6, 6.07) is 42.0. The highest BCUT2D eigenvalue weighted by Crippen LogP contribution is 2.58. The molecule has 0 radical (unpaired) electrons. The Morgan fingerprint density at radius 1 is 0.500 bits per heavy atom. The smallest absolute Gasteiger partial charge is 0.168 e. The number of methoxy groups -OCH3 is 4. The van der Waals surface area contributed by atoms with Crippen LogP contribution in [0.25, 0.3) is 22.2 Å². The monoisotopic (exact) mass is 601 g/mol. The van der Waals surface area contributed by atoms with Crippen LogP contribution < -0.4 is 34.9 Å². The van der Waals surface area contributed by atoms with E-state index in [-0.39, 0.29) is 0 Å². The van der Waals surface area contributed by atoms with Gasteiger partial charge in [0.05, 0.1) is 39.6 Å². The van der Waals surface area contributed by atoms with Crippen LogP contribution in [0.3, 0.4) is 0 Å². The first-order valence-corrected chi connectivity index (χ1v) is 16.3. The Morgan fingerprint density at radius 2 is 0.977 bits per heavy atom. The van der Waals surface area contributed by atoms with Crippen molar-refractivity contribution in [2.45, 2.75) is 6.16 Å². The number of fused-ring (bicyclic) bond motifs is 1. The Bertz CT molecular complexity index is 1790. The van der Waals surface area contributed by atoms with Crippen LogP contribution >= 0.6 is 7.26 Å². The molecule has 0 saturated heterocycles. The summed E-state index contributed by atoms with van der Waals surface area (Å²) in [5.41, 5.74) is 2.43. The molecule has 44 heavy (non-hydrogen) atoms. The normalized spacial score (nSPS) is 11.3. The molecule has 0 fully saturated rings. The second-order valence-corrected chi connectivity index (χ2v) is 13.7. The highest BCUT2D eigenvalue weighted by Gasteiger charge is 2.46. The molecule has 6 nitrogen and oxygen atoms in total. The molecule has 0 aliphatic heterocycles. The molecule has 7 heteroatoms. The topological polar surface area (TPSA) is 62.7 Å². The van der Waals surface area contributed by atoms with Crippen molar-refractivity contribution >= 4 is 34.1 Å². The maximum atomic E-state index is 5.69. The predicted molar refractivity (Wildman–Crippen MR) is 180 cm³/mol. The molecule has 0 amide bonds. The molecule has 0 saturated carbocycles. The third kappa shape index (κ3) is 5.34. The second-order valence-electron chi connectivity index (χ2n) is 10.3. The quantitative estimate of drug-likeness (QED) is 0.161. The molecule has 1 heterocycles. The van der Waals surface area contributed by atoms with E-state index < -0.39 is 7.26 Å². The van der Waals surface area contributed by atoms with Crippen molar-refractivity contribution < 1.29 is 18.9 Å². The number of hydrogen-bond acceptors (Lipinski definition) is 6. The average molecular weight is 602 g/mol. The first kappa shape index (κ1) is 29.2. The largest absolute Gasteiger partial charge is 0.493 e. The lowest BCUT2D eigenvalue weighted by Gasteiger charge is -2.27. The number of nitrogens with zero attached hydrogens (tertiary/aromatic N) is 2. The molecule has 0 aliphatic carbocycles. The van der Waals surface area contributed by atoms with Crippen molar-refractivity contribution in [2.75, 3.05) is 28.4 Å². The summed E-state index contributed by atoms with van der Waals surface area (Å²) in [4.78, 5) is 10.5. The minimum atomic E-state index is -2.25. The third-order valence-electron chi connectivity index (χ3n) is 7.87. The molecule has 6 rings (SSSR count). The van der Waals surface area contributed by atoms with Crippen molar-refractivity contribution in [1.82, 2.24) is 9.97 Å². The van der Waals surface area contributed by atoms with Gasteiger partial charge in [0, 0.05) is 17.0 Å². The Balaban J connectivity index is 1.65. The number of hydrogen-bond donors (Lipinski definition) is 0. The Kier molecular flexibility index (Phi) is 8.44. The summed E-state index contributed by atoms with van der Waals surface area (Å²) in [6.07, 6.45) is 0.621. The van der Waals surface area contributed by atoms with Gasteiger partial charge < -0.3 is 18.9 Å². The third-order valence-corrected chi connectivity index (χ3v) is 12.2. The van der Waals surface area contributed by atoms with E-state index in [2.05, 4.69) is 91.0 Å². The lowest BCUT2D eigenvalue weighted by molar-refractivity contribution is 0.355. The molecule has 5 aromatic carbocycles. The molecule has 0 spiro atoms. The first-order valence-electron chi connectivity index (χ1n) is 14.3. The number of ether oxygens (including phenoxy) is 4. The van der Waals surface area contributed by atoms with Crippen LogP contribution in [0.1, 0.15) is 5.82 Å². The molecule has 0 atom stereocenters. The fourth-order valence-corrected chi connectivity index (χ4v) is 9.81. The summed E-state index contributed by atoms with van der Waals surface area (Å²) in [6.45, 7) is 0. The van der Waals surface area contributed by atoms with Crippen LogP contribution in [-0.4, -0.2) is 38.4 Å². The zero-order valence-corrected chi connectivity index (χ0v) is 26.1. The van der Waals surface area contributed by atoms with Gasteiger partial charge in [0.2, 0.25) is 0 Å². The van der Waals surface area contributed by atoms with Crippen LogP contribution in [0.15, 0.2) is 121 Å². The summed E-state index contributed by atoms with van der Waals surface area (Å²) >= 11 is 0. The summed E-state index contributed by atoms with van der Waals surface area (Å²) in [5.74, 6) is 3.23. The highest BCUT2D eigenvalue weighted by molar-refractivity contribution is 7.95. The molecule has 1 aromatic heterocycles. The Labute approximate surface area is 258 Å². The van der Waals surface area contributed by atoms with Gasteiger partial charge in [-0.15, -0.1) is 0 Å². The lowest BCUT2D eigenvalue weighted by Crippen LogP contribution is -2.33. The SMILES string of the molecule is COc1ccc(-c2nc(C[P+](c3ccccc3)(c3ccccc3)c3ccccc3)nc3cc(OC)c(OC)cc23)cc1OC. The van der Waals surface area contributed by atoms with Crippen molar-refractivity contribution in [2.24, 2.45) is 0 Å². The standard InChI is InChI=1S/C37H34N2O4P/c1-40-32-21-20-26(22-33(32)41-2)37-30-23-34(42-3)35(43-4)24-31(30)38-36(39-37)25-44(27-14-8-5-9-15-27,28-16-10-6-11-17-28)29-18-12-7-13-19-29/h5-24H,25H2,1-4H3/q+1. The molecule has 0 N–H and O–H groups in total. The molecule has 0 aliphatic rings. The van der Waals surface area contributed by atoms with Crippen LogP contribution in [-0.2, 0) is 6.16 Å². The predicted octanol–water partition coefficient (Wildman–Crippen LogP) is 6.83. The van der Waals surface area contributed by atoms with Crippen molar-refractivity contribution in [3.8, 4) is 34.3 Å². The zero-order valence-electron chi connectivity index (χ0n) is 25.2. The van der Waals surface area contributed by atoms with Gasteiger partial charge in [-0.3, -0.25) is 0 Å². The van der Waals surface area contributed by atoms with Gasteiger partial charge in [0.1, 0.15) is 29.3 Å². The van der Waals surface area contributed by atoms with Gasteiger partial charge in [0.15, 0.2) is 28.8 Å². The zero-order chi connectivity index (χ0) is 30.5. The van der Waals surface area contributed by atoms with E-state index in [1.165, 1.54) is 15.9 Å². The van der Waals surface area contributed by atoms with Crippen LogP contribution in [0.5, 0.6) is 23.0 Å². The number of aromatic nitrogens is 2. The number of rotatable bonds is 10. The van der Waals surface area contributed by atoms with Gasteiger partial charge in [0.25, 0.3) is 0 Å². The molecular formula is C37H34N2O4P+. The Morgan fingerprint density at radius 3 is 1.48 bits per heavy atom. The summed E-state index contributed by atoms with van der Waals surface area (Å²) in [5, 5.41) is 4.64. The van der Waals surface area contributed by atoms with Crippen LogP contribution in [0.4, 0.5) is 0 Å². The summed E-state index contributed by atoms with van der Waals surface area (Å²) < 4.78 is 22.6. The van der Waals surface area contributed by atoms with E-state index >= 15 is 0 Å². The van der Waals surface area contributed by atoms with Gasteiger partial charge in [-0.05, 0) is 60.7 Å². The average Bonchev–Trinajstić information content (AvgIpc) is 3.10. The van der Waals surface area contributed by atoms with Crippen molar-refractivity contribution in [3.63, 3.8) is 0 Å². The van der Waals surface area contributed by atoms with Crippen molar-refractivity contribution in [3.05, 3.63) is 127 Å². The van der Waals surface area contributed by atoms with Crippen LogP contribution in [0.2, 0.25) is 0 Å². The Hall–Kier alpha value is -4.93. The maximum absolute atomic E-state index is 5.69. The first-order chi connectivity index (χ1) is 21.6. The van der Waals surface area contributed by atoms with E-state index in [1.54, 1.807) is 28.4 Å². The molecule has 0 bridgehead atoms. The lowest BCUT2D eigenvalue weighted by atomic mass is 10.0. The molecule has 220 valence electrons. The molecule has 6 aromatic rings. The fourth-order valence-electron chi connectivity index (χ4n) is 5.76. The number of benzene rings is 5. The maximum Gasteiger partial charge on any atom is 0.168 e.